The number of benzene rings is 2. The summed E-state index contributed by atoms with van der Waals surface area (Å²) in [7, 11) is 0. The number of aromatic amines is 1. The van der Waals surface area contributed by atoms with Crippen LogP contribution in [0.15, 0.2) is 54.2 Å². The largest absolute Gasteiger partial charge is 0.406 e. The maximum atomic E-state index is 14.0. The zero-order chi connectivity index (χ0) is 24.2. The summed E-state index contributed by atoms with van der Waals surface area (Å²) < 4.78 is 41.9. The first-order chi connectivity index (χ1) is 16.1. The van der Waals surface area contributed by atoms with Crippen LogP contribution in [0, 0.1) is 0 Å². The number of rotatable bonds is 3. The molecule has 1 aromatic heterocycles. The third-order valence-corrected chi connectivity index (χ3v) is 6.02. The topological polar surface area (TPSA) is 102 Å². The minimum absolute atomic E-state index is 0.114. The summed E-state index contributed by atoms with van der Waals surface area (Å²) in [5.74, 6) is -1.77. The molecule has 3 aromatic rings. The predicted molar refractivity (Wildman–Crippen MR) is 119 cm³/mol. The minimum atomic E-state index is -4.58. The molecule has 176 valence electrons. The molecule has 8 nitrogen and oxygen atoms in total. The lowest BCUT2D eigenvalue weighted by molar-refractivity contribution is -0.161. The molecule has 1 saturated heterocycles. The van der Waals surface area contributed by atoms with Crippen molar-refractivity contribution in [1.82, 2.24) is 25.7 Å². The molecule has 0 saturated carbocycles. The van der Waals surface area contributed by atoms with Gasteiger partial charge in [0.1, 0.15) is 29.1 Å². The second kappa shape index (κ2) is 7.87. The summed E-state index contributed by atoms with van der Waals surface area (Å²) in [5, 5.41) is 6.78. The maximum Gasteiger partial charge on any atom is 0.406 e. The molecule has 0 aliphatic carbocycles. The average molecular weight is 470 g/mol. The molecule has 0 bridgehead atoms. The Morgan fingerprint density at radius 2 is 1.85 bits per heavy atom. The summed E-state index contributed by atoms with van der Waals surface area (Å²) in [5.41, 5.74) is 4.83. The molecule has 2 amide bonds. The highest BCUT2D eigenvalue weighted by atomic mass is 19.4. The van der Waals surface area contributed by atoms with E-state index in [9.17, 15) is 22.8 Å². The van der Waals surface area contributed by atoms with E-state index in [4.69, 9.17) is 0 Å². The number of aromatic nitrogens is 2. The molecule has 2 aliphatic heterocycles. The Hall–Kier alpha value is -3.86. The molecule has 0 spiro atoms. The highest BCUT2D eigenvalue weighted by Gasteiger charge is 2.57. The monoisotopic (exact) mass is 470 g/mol. The van der Waals surface area contributed by atoms with Crippen LogP contribution in [0.1, 0.15) is 31.2 Å². The van der Waals surface area contributed by atoms with Crippen LogP contribution in [0.3, 0.4) is 0 Å². The summed E-state index contributed by atoms with van der Waals surface area (Å²) >= 11 is 0. The number of anilines is 1. The van der Waals surface area contributed by atoms with Crippen molar-refractivity contribution in [3.63, 3.8) is 0 Å². The normalized spacial score (nSPS) is 22.7. The van der Waals surface area contributed by atoms with Crippen molar-refractivity contribution >= 4 is 34.1 Å². The highest BCUT2D eigenvalue weighted by molar-refractivity contribution is 6.20. The molecule has 3 unspecified atom stereocenters. The SMILES string of the molecule is CC(=O)Nc1cccc2[nH]c(C3=C(C)NC4C(c5ccccc5)C(C(F)(F)F)NN4C3=O)nc12. The molecule has 5 rings (SSSR count). The first-order valence-electron chi connectivity index (χ1n) is 10.6. The van der Waals surface area contributed by atoms with Crippen LogP contribution >= 0.6 is 0 Å². The Morgan fingerprint density at radius 1 is 1.12 bits per heavy atom. The molecule has 4 N–H and O–H groups in total. The van der Waals surface area contributed by atoms with E-state index in [1.54, 1.807) is 55.5 Å². The van der Waals surface area contributed by atoms with E-state index < -0.39 is 30.2 Å². The zero-order valence-corrected chi connectivity index (χ0v) is 18.2. The van der Waals surface area contributed by atoms with Gasteiger partial charge in [-0.25, -0.2) is 15.4 Å². The third-order valence-electron chi connectivity index (χ3n) is 6.02. The first-order valence-corrected chi connectivity index (χ1v) is 10.6. The van der Waals surface area contributed by atoms with Crippen molar-refractivity contribution in [3.05, 3.63) is 65.6 Å². The highest BCUT2D eigenvalue weighted by Crippen LogP contribution is 2.42. The molecule has 3 atom stereocenters. The number of hydrogen-bond donors (Lipinski definition) is 4. The van der Waals surface area contributed by atoms with E-state index in [1.165, 1.54) is 6.92 Å². The molecule has 11 heteroatoms. The lowest BCUT2D eigenvalue weighted by atomic mass is 9.89. The van der Waals surface area contributed by atoms with Gasteiger partial charge >= 0.3 is 6.18 Å². The number of hydrazine groups is 1. The van der Waals surface area contributed by atoms with E-state index in [2.05, 4.69) is 26.0 Å². The predicted octanol–water partition coefficient (Wildman–Crippen LogP) is 3.24. The number of imidazole rings is 1. The van der Waals surface area contributed by atoms with Gasteiger partial charge < -0.3 is 15.6 Å². The van der Waals surface area contributed by atoms with Crippen LogP contribution in [-0.2, 0) is 9.59 Å². The van der Waals surface area contributed by atoms with Gasteiger partial charge in [-0.2, -0.15) is 13.2 Å². The van der Waals surface area contributed by atoms with Crippen molar-refractivity contribution in [2.24, 2.45) is 0 Å². The Morgan fingerprint density at radius 3 is 2.53 bits per heavy atom. The molecule has 34 heavy (non-hydrogen) atoms. The van der Waals surface area contributed by atoms with Crippen molar-refractivity contribution in [2.45, 2.75) is 38.1 Å². The summed E-state index contributed by atoms with van der Waals surface area (Å²) in [6, 6.07) is 11.5. The number of H-pyrrole nitrogens is 1. The van der Waals surface area contributed by atoms with E-state index in [1.807, 2.05) is 0 Å². The number of fused-ring (bicyclic) bond motifs is 2. The van der Waals surface area contributed by atoms with E-state index in [-0.39, 0.29) is 17.3 Å². The van der Waals surface area contributed by atoms with Crippen LogP contribution < -0.4 is 16.1 Å². The van der Waals surface area contributed by atoms with Gasteiger partial charge in [0.25, 0.3) is 5.91 Å². The number of carbonyl (C=O) groups excluding carboxylic acids is 2. The fraction of sp³-hybridized carbons (Fsp3) is 0.261. The second-order valence-electron chi connectivity index (χ2n) is 8.32. The van der Waals surface area contributed by atoms with Crippen LogP contribution in [0.2, 0.25) is 0 Å². The third kappa shape index (κ3) is 3.58. The fourth-order valence-electron chi connectivity index (χ4n) is 4.61. The molecular weight excluding hydrogens is 449 g/mol. The first kappa shape index (κ1) is 22.0. The number of halogens is 3. The minimum Gasteiger partial charge on any atom is -0.366 e. The van der Waals surface area contributed by atoms with Gasteiger partial charge in [0.2, 0.25) is 5.91 Å². The van der Waals surface area contributed by atoms with Crippen LogP contribution in [0.5, 0.6) is 0 Å². The molecule has 2 aromatic carbocycles. The average Bonchev–Trinajstić information content (AvgIpc) is 3.36. The van der Waals surface area contributed by atoms with E-state index in [0.717, 1.165) is 5.01 Å². The van der Waals surface area contributed by atoms with Gasteiger partial charge in [0.05, 0.1) is 17.1 Å². The quantitative estimate of drug-likeness (QED) is 0.471. The Labute approximate surface area is 192 Å². The maximum absolute atomic E-state index is 14.0. The van der Waals surface area contributed by atoms with Gasteiger partial charge in [-0.15, -0.1) is 0 Å². The Balaban J connectivity index is 1.56. The molecule has 2 aliphatic rings. The molecular formula is C23H21F3N6O2. The van der Waals surface area contributed by atoms with Gasteiger partial charge in [-0.3, -0.25) is 9.59 Å². The number of allylic oxidation sites excluding steroid dienone is 1. The van der Waals surface area contributed by atoms with Crippen molar-refractivity contribution < 1.29 is 22.8 Å². The van der Waals surface area contributed by atoms with Crippen LogP contribution in [-0.4, -0.2) is 45.2 Å². The van der Waals surface area contributed by atoms with E-state index in [0.29, 0.717) is 28.0 Å². The number of hydrogen-bond acceptors (Lipinski definition) is 5. The Kier molecular flexibility index (Phi) is 5.08. The smallest absolute Gasteiger partial charge is 0.366 e. The lowest BCUT2D eigenvalue weighted by Gasteiger charge is -2.34. The Bertz CT molecular complexity index is 1320. The fourth-order valence-corrected chi connectivity index (χ4v) is 4.61. The zero-order valence-electron chi connectivity index (χ0n) is 18.2. The number of nitrogens with one attached hydrogen (secondary N) is 4. The summed E-state index contributed by atoms with van der Waals surface area (Å²) in [6.07, 6.45) is -5.52. The van der Waals surface area contributed by atoms with E-state index >= 15 is 0 Å². The van der Waals surface area contributed by atoms with Crippen molar-refractivity contribution in [1.29, 1.82) is 0 Å². The van der Waals surface area contributed by atoms with Crippen LogP contribution in [0.25, 0.3) is 16.6 Å². The molecule has 0 radical (unpaired) electrons. The number of alkyl halides is 3. The molecule has 3 heterocycles. The number of para-hydroxylation sites is 1. The number of amides is 2. The number of carbonyl (C=O) groups is 2. The van der Waals surface area contributed by atoms with Gasteiger partial charge in [0.15, 0.2) is 0 Å². The number of nitrogens with zero attached hydrogens (tertiary/aromatic N) is 2. The van der Waals surface area contributed by atoms with Gasteiger partial charge in [-0.05, 0) is 24.6 Å². The second-order valence-corrected chi connectivity index (χ2v) is 8.32. The summed E-state index contributed by atoms with van der Waals surface area (Å²) in [4.78, 5) is 32.5. The van der Waals surface area contributed by atoms with Gasteiger partial charge in [0, 0.05) is 12.6 Å². The van der Waals surface area contributed by atoms with Crippen LogP contribution in [0.4, 0.5) is 18.9 Å². The standard InChI is InChI=1S/C23H21F3N6O2/c1-11-16(20-29-15-10-6-9-14(18(15)30-20)28-12(2)33)22(34)32-21(27-11)17(13-7-4-3-5-8-13)19(31-32)23(24,25)26/h3-10,17,19,21,27,31H,1-2H3,(H,28,33)(H,29,30). The van der Waals surface area contributed by atoms with Crippen molar-refractivity contribution in [2.75, 3.05) is 5.32 Å². The van der Waals surface area contributed by atoms with Gasteiger partial charge in [-0.1, -0.05) is 36.4 Å². The lowest BCUT2D eigenvalue weighted by Crippen LogP contribution is -2.54. The molecule has 1 fully saturated rings. The van der Waals surface area contributed by atoms with Crippen molar-refractivity contribution in [3.8, 4) is 0 Å². The summed E-state index contributed by atoms with van der Waals surface area (Å²) in [6.45, 7) is 3.00.